The van der Waals surface area contributed by atoms with Crippen molar-refractivity contribution < 1.29 is 33.1 Å². The van der Waals surface area contributed by atoms with E-state index in [1.807, 2.05) is 0 Å². The maximum absolute atomic E-state index is 12.0. The first-order chi connectivity index (χ1) is 8.36. The number of aldehydes is 1. The van der Waals surface area contributed by atoms with Crippen LogP contribution in [0.25, 0.3) is 0 Å². The van der Waals surface area contributed by atoms with Crippen LogP contribution in [0, 0.1) is 10.1 Å². The molecule has 0 saturated carbocycles. The highest BCUT2D eigenvalue weighted by molar-refractivity contribution is 5.95. The summed E-state index contributed by atoms with van der Waals surface area (Å²) in [4.78, 5) is 30.8. The Hall–Kier alpha value is -2.58. The monoisotopic (exact) mass is 261 g/mol. The zero-order chi connectivity index (χ0) is 13.9. The van der Waals surface area contributed by atoms with E-state index in [0.29, 0.717) is 12.1 Å². The number of hydrogen-bond donors (Lipinski definition) is 1. The molecule has 1 aromatic rings. The highest BCUT2D eigenvalue weighted by Crippen LogP contribution is 2.29. The number of nitro groups is 1. The first-order valence-corrected chi connectivity index (χ1v) is 4.32. The summed E-state index contributed by atoms with van der Waals surface area (Å²) in [6.45, 7) is -3.29. The van der Waals surface area contributed by atoms with Crippen LogP contribution in [0.3, 0.4) is 0 Å². The van der Waals surface area contributed by atoms with E-state index < -0.39 is 40.1 Å². The van der Waals surface area contributed by atoms with Crippen molar-refractivity contribution in [3.63, 3.8) is 0 Å². The summed E-state index contributed by atoms with van der Waals surface area (Å²) in [5.41, 5.74) is -2.24. The van der Waals surface area contributed by atoms with Gasteiger partial charge in [0.25, 0.3) is 5.69 Å². The summed E-state index contributed by atoms with van der Waals surface area (Å²) in [7, 11) is 0. The van der Waals surface area contributed by atoms with Gasteiger partial charge in [-0.2, -0.15) is 8.78 Å². The molecule has 96 valence electrons. The normalized spacial score (nSPS) is 10.2. The molecule has 0 saturated heterocycles. The van der Waals surface area contributed by atoms with Gasteiger partial charge in [0.2, 0.25) is 0 Å². The van der Waals surface area contributed by atoms with Crippen molar-refractivity contribution in [1.82, 2.24) is 0 Å². The molecule has 0 aliphatic heterocycles. The Kier molecular flexibility index (Phi) is 3.87. The lowest BCUT2D eigenvalue weighted by Crippen LogP contribution is -2.08. The number of aromatic carboxylic acids is 1. The zero-order valence-corrected chi connectivity index (χ0v) is 8.50. The Bertz CT molecular complexity index is 516. The smallest absolute Gasteiger partial charge is 0.387 e. The predicted octanol–water partition coefficient (Wildman–Crippen LogP) is 1.71. The van der Waals surface area contributed by atoms with E-state index in [9.17, 15) is 28.5 Å². The number of alkyl halides is 2. The van der Waals surface area contributed by atoms with Gasteiger partial charge in [-0.25, -0.2) is 4.79 Å². The highest BCUT2D eigenvalue weighted by Gasteiger charge is 2.24. The van der Waals surface area contributed by atoms with Crippen LogP contribution >= 0.6 is 0 Å². The number of rotatable bonds is 5. The van der Waals surface area contributed by atoms with Crippen LogP contribution < -0.4 is 4.74 Å². The molecule has 0 unspecified atom stereocenters. The summed E-state index contributed by atoms with van der Waals surface area (Å²) in [5.74, 6) is -2.41. The Morgan fingerprint density at radius 2 is 2.11 bits per heavy atom. The summed E-state index contributed by atoms with van der Waals surface area (Å²) in [5, 5.41) is 19.3. The number of halogens is 2. The Morgan fingerprint density at radius 3 is 2.50 bits per heavy atom. The van der Waals surface area contributed by atoms with E-state index in [2.05, 4.69) is 4.74 Å². The van der Waals surface area contributed by atoms with Gasteiger partial charge >= 0.3 is 12.6 Å². The predicted molar refractivity (Wildman–Crippen MR) is 52.1 cm³/mol. The van der Waals surface area contributed by atoms with Gasteiger partial charge in [0.05, 0.1) is 16.6 Å². The fourth-order valence-corrected chi connectivity index (χ4v) is 1.20. The van der Waals surface area contributed by atoms with Crippen LogP contribution in [0.4, 0.5) is 14.5 Å². The number of ether oxygens (including phenoxy) is 1. The van der Waals surface area contributed by atoms with Crippen LogP contribution in [0.2, 0.25) is 0 Å². The van der Waals surface area contributed by atoms with Crippen LogP contribution in [0.5, 0.6) is 5.75 Å². The summed E-state index contributed by atoms with van der Waals surface area (Å²) < 4.78 is 27.9. The lowest BCUT2D eigenvalue weighted by atomic mass is 10.1. The molecule has 0 aromatic heterocycles. The van der Waals surface area contributed by atoms with Crippen LogP contribution in [0.1, 0.15) is 20.7 Å². The second kappa shape index (κ2) is 5.17. The molecule has 0 amide bonds. The summed E-state index contributed by atoms with van der Waals surface area (Å²) in [6, 6.07) is 1.07. The minimum absolute atomic E-state index is 0.0634. The zero-order valence-electron chi connectivity index (χ0n) is 8.50. The first kappa shape index (κ1) is 13.5. The quantitative estimate of drug-likeness (QED) is 0.491. The van der Waals surface area contributed by atoms with Crippen molar-refractivity contribution in [3.8, 4) is 5.75 Å². The highest BCUT2D eigenvalue weighted by atomic mass is 19.3. The molecular weight excluding hydrogens is 256 g/mol. The second-order valence-electron chi connectivity index (χ2n) is 2.97. The summed E-state index contributed by atoms with van der Waals surface area (Å²) in [6.07, 6.45) is 0.0634. The Morgan fingerprint density at radius 1 is 1.50 bits per heavy atom. The maximum Gasteiger partial charge on any atom is 0.387 e. The molecular formula is C9H5F2NO6. The molecule has 0 aliphatic rings. The fraction of sp³-hybridized carbons (Fsp3) is 0.111. The van der Waals surface area contributed by atoms with Crippen molar-refractivity contribution in [3.05, 3.63) is 33.4 Å². The molecule has 1 aromatic carbocycles. The molecule has 18 heavy (non-hydrogen) atoms. The molecule has 0 aliphatic carbocycles. The van der Waals surface area contributed by atoms with Crippen LogP contribution in [-0.4, -0.2) is 28.9 Å². The van der Waals surface area contributed by atoms with E-state index in [1.54, 1.807) is 0 Å². The topological polar surface area (TPSA) is 107 Å². The van der Waals surface area contributed by atoms with Crippen molar-refractivity contribution >= 4 is 17.9 Å². The molecule has 0 bridgehead atoms. The molecule has 1 rings (SSSR count). The molecule has 0 fully saturated rings. The average Bonchev–Trinajstić information content (AvgIpc) is 2.27. The van der Waals surface area contributed by atoms with E-state index in [1.165, 1.54) is 0 Å². The number of benzene rings is 1. The number of carboxylic acids is 1. The van der Waals surface area contributed by atoms with Gasteiger partial charge < -0.3 is 9.84 Å². The van der Waals surface area contributed by atoms with E-state index >= 15 is 0 Å². The Labute approximate surface area is 97.7 Å². The molecule has 0 spiro atoms. The van der Waals surface area contributed by atoms with E-state index in [4.69, 9.17) is 5.11 Å². The third kappa shape index (κ3) is 2.75. The largest absolute Gasteiger partial charge is 0.477 e. The van der Waals surface area contributed by atoms with Gasteiger partial charge in [0, 0.05) is 0 Å². The van der Waals surface area contributed by atoms with Gasteiger partial charge in [0.1, 0.15) is 11.3 Å². The average molecular weight is 261 g/mol. The third-order valence-electron chi connectivity index (χ3n) is 1.90. The number of nitrogens with zero attached hydrogens (tertiary/aromatic N) is 1. The standard InChI is InChI=1S/C9H5F2NO6/c10-9(11)18-7-2-6(12(16)17)5(8(14)15)1-4(7)3-13/h1-3,9H,(H,14,15). The number of carbonyl (C=O) groups excluding carboxylic acids is 1. The van der Waals surface area contributed by atoms with Gasteiger partial charge in [-0.1, -0.05) is 0 Å². The minimum atomic E-state index is -3.29. The van der Waals surface area contributed by atoms with Crippen LogP contribution in [0.15, 0.2) is 12.1 Å². The number of hydrogen-bond acceptors (Lipinski definition) is 5. The lowest BCUT2D eigenvalue weighted by molar-refractivity contribution is -0.385. The van der Waals surface area contributed by atoms with Gasteiger partial charge in [0.15, 0.2) is 6.29 Å². The SMILES string of the molecule is O=Cc1cc(C(=O)O)c([N+](=O)[O-])cc1OC(F)F. The van der Waals surface area contributed by atoms with Gasteiger partial charge in [-0.15, -0.1) is 0 Å². The van der Waals surface area contributed by atoms with Crippen molar-refractivity contribution in [1.29, 1.82) is 0 Å². The molecule has 0 atom stereocenters. The van der Waals surface area contributed by atoms with E-state index in [-0.39, 0.29) is 6.29 Å². The first-order valence-electron chi connectivity index (χ1n) is 4.32. The molecule has 0 radical (unpaired) electrons. The van der Waals surface area contributed by atoms with Crippen LogP contribution in [-0.2, 0) is 0 Å². The second-order valence-corrected chi connectivity index (χ2v) is 2.97. The van der Waals surface area contributed by atoms with Crippen molar-refractivity contribution in [2.75, 3.05) is 0 Å². The van der Waals surface area contributed by atoms with E-state index in [0.717, 1.165) is 0 Å². The molecule has 9 heteroatoms. The number of carboxylic acid groups (broad SMARTS) is 1. The number of carbonyl (C=O) groups is 2. The molecule has 7 nitrogen and oxygen atoms in total. The number of nitro benzene ring substituents is 1. The molecule has 0 heterocycles. The van der Waals surface area contributed by atoms with Crippen molar-refractivity contribution in [2.45, 2.75) is 6.61 Å². The fourth-order valence-electron chi connectivity index (χ4n) is 1.20. The van der Waals surface area contributed by atoms with Gasteiger partial charge in [-0.3, -0.25) is 14.9 Å². The van der Waals surface area contributed by atoms with Gasteiger partial charge in [-0.05, 0) is 6.07 Å². The van der Waals surface area contributed by atoms with Crippen molar-refractivity contribution in [2.24, 2.45) is 0 Å². The summed E-state index contributed by atoms with van der Waals surface area (Å²) >= 11 is 0. The lowest BCUT2D eigenvalue weighted by Gasteiger charge is -2.08. The maximum atomic E-state index is 12.0. The molecule has 1 N–H and O–H groups in total. The Balaban J connectivity index is 3.46. The third-order valence-corrected chi connectivity index (χ3v) is 1.90. The minimum Gasteiger partial charge on any atom is -0.477 e.